The van der Waals surface area contributed by atoms with Crippen LogP contribution in [-0.4, -0.2) is 44.5 Å². The molecule has 1 unspecified atom stereocenters. The molecule has 5 nitrogen and oxygen atoms in total. The second-order valence-electron chi connectivity index (χ2n) is 4.37. The number of nitrogens with one attached hydrogen (secondary N) is 1. The molecule has 0 saturated heterocycles. The molecular weight excluding hydrogens is 282 g/mol. The predicted molar refractivity (Wildman–Crippen MR) is 77.2 cm³/mol. The first-order valence-corrected chi connectivity index (χ1v) is 6.70. The molecule has 0 aromatic heterocycles. The highest BCUT2D eigenvalue weighted by Gasteiger charge is 2.14. The summed E-state index contributed by atoms with van der Waals surface area (Å²) >= 11 is 5.92. The zero-order valence-corrected chi connectivity index (χ0v) is 12.4. The molecule has 112 valence electrons. The van der Waals surface area contributed by atoms with E-state index >= 15 is 0 Å². The standard InChI is InChI=1S/C14H20ClNO4/c1-19-9-12(5-6-17)16-14(18)8-10-7-11(15)3-4-13(10)20-2/h3-4,7,12,17H,5-6,8-9H2,1-2H3,(H,16,18). The van der Waals surface area contributed by atoms with Gasteiger partial charge in [-0.2, -0.15) is 0 Å². The summed E-state index contributed by atoms with van der Waals surface area (Å²) < 4.78 is 10.2. The van der Waals surface area contributed by atoms with Crippen LogP contribution in [0.4, 0.5) is 0 Å². The molecule has 0 heterocycles. The summed E-state index contributed by atoms with van der Waals surface area (Å²) in [5.41, 5.74) is 0.720. The maximum absolute atomic E-state index is 12.0. The average molecular weight is 302 g/mol. The smallest absolute Gasteiger partial charge is 0.224 e. The van der Waals surface area contributed by atoms with E-state index in [0.29, 0.717) is 23.8 Å². The highest BCUT2D eigenvalue weighted by molar-refractivity contribution is 6.30. The molecule has 0 aliphatic rings. The predicted octanol–water partition coefficient (Wildman–Crippen LogP) is 1.40. The Bertz CT molecular complexity index is 433. The fourth-order valence-electron chi connectivity index (χ4n) is 1.89. The van der Waals surface area contributed by atoms with Gasteiger partial charge in [0.2, 0.25) is 5.91 Å². The molecular formula is C14H20ClNO4. The van der Waals surface area contributed by atoms with Gasteiger partial charge < -0.3 is 19.9 Å². The van der Waals surface area contributed by atoms with E-state index in [-0.39, 0.29) is 25.0 Å². The summed E-state index contributed by atoms with van der Waals surface area (Å²) in [6, 6.07) is 4.94. The molecule has 0 bridgehead atoms. The highest BCUT2D eigenvalue weighted by Crippen LogP contribution is 2.23. The molecule has 1 aromatic carbocycles. The minimum absolute atomic E-state index is 0.00517. The topological polar surface area (TPSA) is 67.8 Å². The molecule has 6 heteroatoms. The SMILES string of the molecule is COCC(CCO)NC(=O)Cc1cc(Cl)ccc1OC. The number of benzene rings is 1. The van der Waals surface area contributed by atoms with E-state index in [9.17, 15) is 4.79 Å². The Labute approximate surface area is 123 Å². The summed E-state index contributed by atoms with van der Waals surface area (Å²) in [5.74, 6) is 0.455. The van der Waals surface area contributed by atoms with Crippen molar-refractivity contribution >= 4 is 17.5 Å². The van der Waals surface area contributed by atoms with Gasteiger partial charge in [-0.3, -0.25) is 4.79 Å². The van der Waals surface area contributed by atoms with Crippen molar-refractivity contribution in [2.24, 2.45) is 0 Å². The van der Waals surface area contributed by atoms with Crippen molar-refractivity contribution in [2.45, 2.75) is 18.9 Å². The van der Waals surface area contributed by atoms with Crippen molar-refractivity contribution in [3.8, 4) is 5.75 Å². The van der Waals surface area contributed by atoms with Gasteiger partial charge in [0, 0.05) is 24.3 Å². The van der Waals surface area contributed by atoms with Gasteiger partial charge >= 0.3 is 0 Å². The van der Waals surface area contributed by atoms with Gasteiger partial charge in [0.05, 0.1) is 26.2 Å². The minimum atomic E-state index is -0.206. The lowest BCUT2D eigenvalue weighted by Crippen LogP contribution is -2.39. The summed E-state index contributed by atoms with van der Waals surface area (Å²) in [6.45, 7) is 0.355. The van der Waals surface area contributed by atoms with Crippen molar-refractivity contribution < 1.29 is 19.4 Å². The van der Waals surface area contributed by atoms with E-state index < -0.39 is 0 Å². The number of aliphatic hydroxyl groups excluding tert-OH is 1. The van der Waals surface area contributed by atoms with Crippen molar-refractivity contribution in [1.29, 1.82) is 0 Å². The van der Waals surface area contributed by atoms with Gasteiger partial charge in [-0.05, 0) is 24.6 Å². The Hall–Kier alpha value is -1.30. The van der Waals surface area contributed by atoms with Crippen LogP contribution in [0.5, 0.6) is 5.75 Å². The number of hydrogen-bond donors (Lipinski definition) is 2. The Balaban J connectivity index is 2.67. The van der Waals surface area contributed by atoms with Crippen molar-refractivity contribution in [2.75, 3.05) is 27.4 Å². The molecule has 1 rings (SSSR count). The van der Waals surface area contributed by atoms with E-state index in [2.05, 4.69) is 5.32 Å². The molecule has 20 heavy (non-hydrogen) atoms. The zero-order valence-electron chi connectivity index (χ0n) is 11.7. The van der Waals surface area contributed by atoms with Crippen LogP contribution in [0.2, 0.25) is 5.02 Å². The average Bonchev–Trinajstić information content (AvgIpc) is 2.39. The zero-order chi connectivity index (χ0) is 15.0. The number of ether oxygens (including phenoxy) is 2. The number of halogens is 1. The van der Waals surface area contributed by atoms with Crippen LogP contribution in [0.25, 0.3) is 0 Å². The van der Waals surface area contributed by atoms with Gasteiger partial charge in [0.1, 0.15) is 5.75 Å². The highest BCUT2D eigenvalue weighted by atomic mass is 35.5. The van der Waals surface area contributed by atoms with E-state index in [1.54, 1.807) is 32.4 Å². The summed E-state index contributed by atoms with van der Waals surface area (Å²) in [7, 11) is 3.10. The van der Waals surface area contributed by atoms with Gasteiger partial charge in [0.25, 0.3) is 0 Å². The fourth-order valence-corrected chi connectivity index (χ4v) is 2.09. The summed E-state index contributed by atoms with van der Waals surface area (Å²) in [4.78, 5) is 12.0. The molecule has 0 radical (unpaired) electrons. The molecule has 0 fully saturated rings. The largest absolute Gasteiger partial charge is 0.496 e. The van der Waals surface area contributed by atoms with E-state index in [0.717, 1.165) is 5.56 Å². The number of carbonyl (C=O) groups is 1. The number of hydrogen-bond acceptors (Lipinski definition) is 4. The molecule has 0 aliphatic heterocycles. The van der Waals surface area contributed by atoms with Crippen LogP contribution in [-0.2, 0) is 16.0 Å². The number of carbonyl (C=O) groups excluding carboxylic acids is 1. The first-order valence-electron chi connectivity index (χ1n) is 6.32. The third-order valence-corrected chi connectivity index (χ3v) is 3.04. The first-order chi connectivity index (χ1) is 9.60. The maximum atomic E-state index is 12.0. The second kappa shape index (κ2) is 8.79. The fraction of sp³-hybridized carbons (Fsp3) is 0.500. The van der Waals surface area contributed by atoms with Crippen LogP contribution in [0.3, 0.4) is 0 Å². The van der Waals surface area contributed by atoms with Gasteiger partial charge in [-0.1, -0.05) is 11.6 Å². The molecule has 0 aliphatic carbocycles. The third kappa shape index (κ3) is 5.36. The number of amides is 1. The molecule has 1 aromatic rings. The quantitative estimate of drug-likeness (QED) is 0.762. The minimum Gasteiger partial charge on any atom is -0.496 e. The summed E-state index contributed by atoms with van der Waals surface area (Å²) in [6.07, 6.45) is 0.613. The van der Waals surface area contributed by atoms with Gasteiger partial charge in [-0.25, -0.2) is 0 Å². The van der Waals surface area contributed by atoms with Crippen LogP contribution in [0, 0.1) is 0 Å². The Morgan fingerprint density at radius 3 is 2.80 bits per heavy atom. The maximum Gasteiger partial charge on any atom is 0.224 e. The van der Waals surface area contributed by atoms with E-state index in [4.69, 9.17) is 26.2 Å². The molecule has 1 atom stereocenters. The lowest BCUT2D eigenvalue weighted by Gasteiger charge is -2.17. The normalized spacial score (nSPS) is 12.0. The number of aliphatic hydroxyl groups is 1. The monoisotopic (exact) mass is 301 g/mol. The van der Waals surface area contributed by atoms with Gasteiger partial charge in [-0.15, -0.1) is 0 Å². The van der Waals surface area contributed by atoms with E-state index in [1.807, 2.05) is 0 Å². The lowest BCUT2D eigenvalue weighted by atomic mass is 10.1. The molecule has 2 N–H and O–H groups in total. The van der Waals surface area contributed by atoms with Crippen LogP contribution in [0.15, 0.2) is 18.2 Å². The number of rotatable bonds is 8. The summed E-state index contributed by atoms with van der Waals surface area (Å²) in [5, 5.41) is 12.3. The molecule has 0 saturated carbocycles. The van der Waals surface area contributed by atoms with Crippen molar-refractivity contribution in [3.63, 3.8) is 0 Å². The third-order valence-electron chi connectivity index (χ3n) is 2.80. The number of methoxy groups -OCH3 is 2. The molecule has 1 amide bonds. The Morgan fingerprint density at radius 1 is 1.45 bits per heavy atom. The van der Waals surface area contributed by atoms with Gasteiger partial charge in [0.15, 0.2) is 0 Å². The molecule has 0 spiro atoms. The first kappa shape index (κ1) is 16.8. The van der Waals surface area contributed by atoms with Crippen molar-refractivity contribution in [3.05, 3.63) is 28.8 Å². The van der Waals surface area contributed by atoms with Crippen molar-refractivity contribution in [1.82, 2.24) is 5.32 Å². The Kier molecular flexibility index (Phi) is 7.36. The van der Waals surface area contributed by atoms with Crippen LogP contribution >= 0.6 is 11.6 Å². The second-order valence-corrected chi connectivity index (χ2v) is 4.80. The Morgan fingerprint density at radius 2 is 2.20 bits per heavy atom. The van der Waals surface area contributed by atoms with Crippen LogP contribution in [0.1, 0.15) is 12.0 Å². The lowest BCUT2D eigenvalue weighted by molar-refractivity contribution is -0.121. The van der Waals surface area contributed by atoms with Crippen LogP contribution < -0.4 is 10.1 Å². The van der Waals surface area contributed by atoms with E-state index in [1.165, 1.54) is 0 Å².